The van der Waals surface area contributed by atoms with E-state index in [4.69, 9.17) is 12.2 Å². The first-order chi connectivity index (χ1) is 14.1. The van der Waals surface area contributed by atoms with Gasteiger partial charge in [-0.3, -0.25) is 9.36 Å². The summed E-state index contributed by atoms with van der Waals surface area (Å²) in [4.78, 5) is 12.7. The van der Waals surface area contributed by atoms with Crippen LogP contribution in [0.1, 0.15) is 5.56 Å². The number of carbonyl (C=O) groups is 1. The van der Waals surface area contributed by atoms with Crippen molar-refractivity contribution < 1.29 is 4.79 Å². The van der Waals surface area contributed by atoms with E-state index < -0.39 is 0 Å². The molecule has 0 atom stereocenters. The van der Waals surface area contributed by atoms with Crippen molar-refractivity contribution in [1.82, 2.24) is 14.3 Å². The fourth-order valence-electron chi connectivity index (χ4n) is 3.13. The Morgan fingerprint density at radius 2 is 1.55 bits per heavy atom. The van der Waals surface area contributed by atoms with Gasteiger partial charge in [-0.25, -0.2) is 4.68 Å². The van der Waals surface area contributed by atoms with Crippen molar-refractivity contribution in [1.29, 1.82) is 0 Å². The van der Waals surface area contributed by atoms with Crippen LogP contribution in [0.5, 0.6) is 0 Å². The third-order valence-corrected chi connectivity index (χ3v) is 4.99. The summed E-state index contributed by atoms with van der Waals surface area (Å²) in [7, 11) is 0. The van der Waals surface area contributed by atoms with Gasteiger partial charge in [-0.1, -0.05) is 66.7 Å². The lowest BCUT2D eigenvalue weighted by molar-refractivity contribution is -0.116. The number of hydrogen-bond donors (Lipinski definition) is 1. The van der Waals surface area contributed by atoms with Crippen molar-refractivity contribution in [3.8, 4) is 17.1 Å². The quantitative estimate of drug-likeness (QED) is 0.479. The maximum absolute atomic E-state index is 12.7. The Labute approximate surface area is 174 Å². The fraction of sp³-hybridized carbons (Fsp3) is 0.0870. The summed E-state index contributed by atoms with van der Waals surface area (Å²) in [5.41, 5.74) is 3.63. The Morgan fingerprint density at radius 3 is 2.24 bits per heavy atom. The molecule has 3 aromatic carbocycles. The summed E-state index contributed by atoms with van der Waals surface area (Å²) in [6, 6.07) is 27.3. The summed E-state index contributed by atoms with van der Waals surface area (Å²) in [5, 5.41) is 7.61. The van der Waals surface area contributed by atoms with E-state index in [2.05, 4.69) is 10.4 Å². The highest BCUT2D eigenvalue weighted by atomic mass is 32.1. The van der Waals surface area contributed by atoms with E-state index in [1.165, 1.54) is 0 Å². The lowest BCUT2D eigenvalue weighted by Crippen LogP contribution is -2.20. The van der Waals surface area contributed by atoms with E-state index in [-0.39, 0.29) is 12.5 Å². The Hall–Kier alpha value is -3.51. The van der Waals surface area contributed by atoms with E-state index in [0.717, 1.165) is 22.5 Å². The van der Waals surface area contributed by atoms with Crippen LogP contribution >= 0.6 is 12.2 Å². The molecule has 1 N–H and O–H groups in total. The average Bonchev–Trinajstić information content (AvgIpc) is 3.07. The zero-order valence-electron chi connectivity index (χ0n) is 15.9. The van der Waals surface area contributed by atoms with Crippen molar-refractivity contribution in [3.05, 3.63) is 95.3 Å². The van der Waals surface area contributed by atoms with Gasteiger partial charge in [0.15, 0.2) is 5.82 Å². The summed E-state index contributed by atoms with van der Waals surface area (Å²) in [6.45, 7) is 1.99. The molecule has 4 rings (SSSR count). The predicted octanol–water partition coefficient (Wildman–Crippen LogP) is 5.02. The SMILES string of the molecule is Cc1ccccc1NC(=O)Cn1nc(-c2ccccc2)n(-c2ccccc2)c1=S. The van der Waals surface area contributed by atoms with Crippen LogP contribution in [-0.4, -0.2) is 20.3 Å². The number of nitrogens with zero attached hydrogens (tertiary/aromatic N) is 3. The molecule has 1 heterocycles. The largest absolute Gasteiger partial charge is 0.324 e. The maximum atomic E-state index is 12.7. The molecule has 0 radical (unpaired) electrons. The van der Waals surface area contributed by atoms with Gasteiger partial charge < -0.3 is 5.32 Å². The Morgan fingerprint density at radius 1 is 0.931 bits per heavy atom. The van der Waals surface area contributed by atoms with Gasteiger partial charge in [0, 0.05) is 16.9 Å². The number of para-hydroxylation sites is 2. The number of amides is 1. The summed E-state index contributed by atoms with van der Waals surface area (Å²) >= 11 is 5.69. The molecule has 29 heavy (non-hydrogen) atoms. The van der Waals surface area contributed by atoms with Gasteiger partial charge in [0.1, 0.15) is 6.54 Å². The second kappa shape index (κ2) is 8.24. The van der Waals surface area contributed by atoms with Crippen molar-refractivity contribution in [2.75, 3.05) is 5.32 Å². The molecular weight excluding hydrogens is 380 g/mol. The number of benzene rings is 3. The molecule has 0 fully saturated rings. The van der Waals surface area contributed by atoms with Gasteiger partial charge in [-0.15, -0.1) is 0 Å². The summed E-state index contributed by atoms with van der Waals surface area (Å²) < 4.78 is 3.93. The van der Waals surface area contributed by atoms with Gasteiger partial charge in [0.25, 0.3) is 0 Å². The number of rotatable bonds is 5. The van der Waals surface area contributed by atoms with E-state index in [1.54, 1.807) is 4.68 Å². The van der Waals surface area contributed by atoms with Crippen LogP contribution < -0.4 is 5.32 Å². The molecule has 144 valence electrons. The molecule has 0 spiro atoms. The molecule has 6 heteroatoms. The van der Waals surface area contributed by atoms with Crippen LogP contribution in [-0.2, 0) is 11.3 Å². The molecule has 0 unspecified atom stereocenters. The molecule has 5 nitrogen and oxygen atoms in total. The molecule has 0 aliphatic heterocycles. The minimum atomic E-state index is -0.173. The van der Waals surface area contributed by atoms with Crippen LogP contribution in [0.2, 0.25) is 0 Å². The number of aryl methyl sites for hydroxylation is 1. The summed E-state index contributed by atoms with van der Waals surface area (Å²) in [5.74, 6) is 0.526. The highest BCUT2D eigenvalue weighted by Crippen LogP contribution is 2.22. The Kier molecular flexibility index (Phi) is 5.35. The normalized spacial score (nSPS) is 10.7. The number of carbonyl (C=O) groups excluding carboxylic acids is 1. The number of hydrogen-bond acceptors (Lipinski definition) is 3. The van der Waals surface area contributed by atoms with Gasteiger partial charge >= 0.3 is 0 Å². The highest BCUT2D eigenvalue weighted by Gasteiger charge is 2.16. The average molecular weight is 401 g/mol. The smallest absolute Gasteiger partial charge is 0.246 e. The van der Waals surface area contributed by atoms with Crippen LogP contribution in [0.15, 0.2) is 84.9 Å². The summed E-state index contributed by atoms with van der Waals surface area (Å²) in [6.07, 6.45) is 0. The van der Waals surface area contributed by atoms with E-state index >= 15 is 0 Å². The number of nitrogens with one attached hydrogen (secondary N) is 1. The molecule has 1 amide bonds. The molecule has 4 aromatic rings. The molecular formula is C23H20N4OS. The first-order valence-electron chi connectivity index (χ1n) is 9.29. The molecule has 1 aromatic heterocycles. The van der Waals surface area contributed by atoms with Crippen LogP contribution in [0.4, 0.5) is 5.69 Å². The third-order valence-electron chi connectivity index (χ3n) is 4.60. The molecule has 0 saturated heterocycles. The van der Waals surface area contributed by atoms with E-state index in [0.29, 0.717) is 10.6 Å². The first-order valence-corrected chi connectivity index (χ1v) is 9.70. The topological polar surface area (TPSA) is 51.9 Å². The zero-order valence-corrected chi connectivity index (χ0v) is 16.8. The van der Waals surface area contributed by atoms with Crippen LogP contribution in [0.3, 0.4) is 0 Å². The predicted molar refractivity (Wildman–Crippen MR) is 118 cm³/mol. The van der Waals surface area contributed by atoms with Crippen molar-refractivity contribution in [2.45, 2.75) is 13.5 Å². The van der Waals surface area contributed by atoms with Crippen molar-refractivity contribution in [2.24, 2.45) is 0 Å². The van der Waals surface area contributed by atoms with Gasteiger partial charge in [0.05, 0.1) is 0 Å². The molecule has 0 aliphatic rings. The first kappa shape index (κ1) is 18.8. The van der Waals surface area contributed by atoms with Crippen LogP contribution in [0, 0.1) is 11.7 Å². The van der Waals surface area contributed by atoms with E-state index in [9.17, 15) is 4.79 Å². The van der Waals surface area contributed by atoms with Crippen LogP contribution in [0.25, 0.3) is 17.1 Å². The third kappa shape index (κ3) is 4.02. The second-order valence-corrected chi connectivity index (χ2v) is 7.03. The highest BCUT2D eigenvalue weighted by molar-refractivity contribution is 7.71. The lowest BCUT2D eigenvalue weighted by Gasteiger charge is -2.08. The molecule has 0 aliphatic carbocycles. The Balaban J connectivity index is 1.71. The minimum Gasteiger partial charge on any atom is -0.324 e. The minimum absolute atomic E-state index is 0.0346. The molecule has 0 bridgehead atoms. The van der Waals surface area contributed by atoms with Crippen molar-refractivity contribution in [3.63, 3.8) is 0 Å². The molecule has 0 saturated carbocycles. The zero-order chi connectivity index (χ0) is 20.2. The van der Waals surface area contributed by atoms with Gasteiger partial charge in [-0.2, -0.15) is 5.10 Å². The second-order valence-electron chi connectivity index (χ2n) is 6.66. The van der Waals surface area contributed by atoms with E-state index in [1.807, 2.05) is 96.4 Å². The maximum Gasteiger partial charge on any atom is 0.246 e. The Bertz CT molecular complexity index is 1200. The lowest BCUT2D eigenvalue weighted by atomic mass is 10.2. The number of anilines is 1. The van der Waals surface area contributed by atoms with Crippen molar-refractivity contribution >= 4 is 23.8 Å². The number of aromatic nitrogens is 3. The standard InChI is InChI=1S/C23H20N4OS/c1-17-10-8-9-15-20(17)24-21(28)16-26-23(29)27(19-13-6-3-7-14-19)22(25-26)18-11-4-2-5-12-18/h2-15H,16H2,1H3,(H,24,28). The van der Waals surface area contributed by atoms with Gasteiger partial charge in [-0.05, 0) is 42.9 Å². The fourth-order valence-corrected chi connectivity index (χ4v) is 3.43. The monoisotopic (exact) mass is 400 g/mol. The van der Waals surface area contributed by atoms with Gasteiger partial charge in [0.2, 0.25) is 10.7 Å².